The van der Waals surface area contributed by atoms with Gasteiger partial charge in [0, 0.05) is 38.7 Å². The molecule has 0 aliphatic heterocycles. The molecule has 0 unspecified atom stereocenters. The highest BCUT2D eigenvalue weighted by atomic mass is 79.9. The molecule has 0 bridgehead atoms. The van der Waals surface area contributed by atoms with Gasteiger partial charge in [0.2, 0.25) is 0 Å². The maximum atomic E-state index is 12.3. The number of rotatable bonds is 3. The van der Waals surface area contributed by atoms with Crippen LogP contribution in [-0.2, 0) is 6.54 Å². The normalized spacial score (nSPS) is 10.4. The fraction of sp³-hybridized carbons (Fsp3) is 0.154. The number of hydrogen-bond acceptors (Lipinski definition) is 4. The molecule has 0 radical (unpaired) electrons. The molecule has 0 aliphatic rings. The lowest BCUT2D eigenvalue weighted by atomic mass is 10.1. The largest absolute Gasteiger partial charge is 0.399 e. The number of thiophene rings is 1. The van der Waals surface area contributed by atoms with Gasteiger partial charge in [0.25, 0.3) is 5.91 Å². The number of carbonyl (C=O) groups is 1. The van der Waals surface area contributed by atoms with E-state index < -0.39 is 0 Å². The van der Waals surface area contributed by atoms with Crippen molar-refractivity contribution < 1.29 is 4.79 Å². The van der Waals surface area contributed by atoms with E-state index in [1.165, 1.54) is 0 Å². The summed E-state index contributed by atoms with van der Waals surface area (Å²) in [5, 5.41) is 1.99. The lowest BCUT2D eigenvalue weighted by Crippen LogP contribution is -2.26. The Morgan fingerprint density at radius 2 is 1.89 bits per heavy atom. The molecular formula is C13H14BrN3OS. The van der Waals surface area contributed by atoms with Crippen LogP contribution in [0.5, 0.6) is 0 Å². The van der Waals surface area contributed by atoms with Crippen LogP contribution in [0, 0.1) is 0 Å². The molecule has 6 heteroatoms. The molecule has 1 aromatic carbocycles. The standard InChI is InChI=1S/C13H14BrN3OS/c1-17(6-12-4-9(14)7-19-12)13(18)8-2-10(15)5-11(16)3-8/h2-5,7H,6,15-16H2,1H3. The summed E-state index contributed by atoms with van der Waals surface area (Å²) in [5.41, 5.74) is 12.9. The number of nitrogen functional groups attached to an aromatic ring is 2. The molecule has 4 nitrogen and oxygen atoms in total. The summed E-state index contributed by atoms with van der Waals surface area (Å²) in [5.74, 6) is -0.0940. The second-order valence-corrected chi connectivity index (χ2v) is 6.19. The van der Waals surface area contributed by atoms with Gasteiger partial charge in [-0.15, -0.1) is 11.3 Å². The Bertz CT molecular complexity index is 591. The first-order valence-corrected chi connectivity index (χ1v) is 7.27. The van der Waals surface area contributed by atoms with Crippen molar-refractivity contribution in [1.82, 2.24) is 4.90 Å². The van der Waals surface area contributed by atoms with E-state index in [2.05, 4.69) is 15.9 Å². The summed E-state index contributed by atoms with van der Waals surface area (Å²) < 4.78 is 1.03. The topological polar surface area (TPSA) is 72.3 Å². The van der Waals surface area contributed by atoms with Crippen LogP contribution in [0.15, 0.2) is 34.1 Å². The Kier molecular flexibility index (Phi) is 4.11. The third kappa shape index (κ3) is 3.48. The molecule has 4 N–H and O–H groups in total. The van der Waals surface area contributed by atoms with Crippen LogP contribution in [0.4, 0.5) is 11.4 Å². The maximum Gasteiger partial charge on any atom is 0.254 e. The number of nitrogens with two attached hydrogens (primary N) is 2. The zero-order valence-corrected chi connectivity index (χ0v) is 12.8. The fourth-order valence-corrected chi connectivity index (χ4v) is 3.27. The van der Waals surface area contributed by atoms with Gasteiger partial charge in [-0.05, 0) is 40.2 Å². The molecule has 0 saturated carbocycles. The first-order valence-electron chi connectivity index (χ1n) is 5.60. The van der Waals surface area contributed by atoms with Gasteiger partial charge < -0.3 is 16.4 Å². The van der Waals surface area contributed by atoms with Crippen molar-refractivity contribution in [1.29, 1.82) is 0 Å². The van der Waals surface area contributed by atoms with Crippen molar-refractivity contribution in [2.24, 2.45) is 0 Å². The Hall–Kier alpha value is -1.53. The highest BCUT2D eigenvalue weighted by Gasteiger charge is 2.13. The Morgan fingerprint density at radius 1 is 1.26 bits per heavy atom. The number of nitrogens with zero attached hydrogens (tertiary/aromatic N) is 1. The van der Waals surface area contributed by atoms with Crippen LogP contribution < -0.4 is 11.5 Å². The minimum Gasteiger partial charge on any atom is -0.399 e. The van der Waals surface area contributed by atoms with Crippen molar-refractivity contribution in [3.05, 3.63) is 44.6 Å². The molecule has 0 spiro atoms. The molecule has 0 aliphatic carbocycles. The molecule has 2 aromatic rings. The number of benzene rings is 1. The fourth-order valence-electron chi connectivity index (χ4n) is 1.76. The van der Waals surface area contributed by atoms with E-state index in [9.17, 15) is 4.79 Å². The van der Waals surface area contributed by atoms with Gasteiger partial charge >= 0.3 is 0 Å². The molecule has 19 heavy (non-hydrogen) atoms. The number of anilines is 2. The summed E-state index contributed by atoms with van der Waals surface area (Å²) in [4.78, 5) is 15.0. The van der Waals surface area contributed by atoms with E-state index in [0.29, 0.717) is 23.5 Å². The van der Waals surface area contributed by atoms with Crippen LogP contribution >= 0.6 is 27.3 Å². The van der Waals surface area contributed by atoms with Crippen molar-refractivity contribution in [2.45, 2.75) is 6.54 Å². The Balaban J connectivity index is 2.14. The Labute approximate surface area is 124 Å². The minimum absolute atomic E-state index is 0.0940. The Morgan fingerprint density at radius 3 is 2.42 bits per heavy atom. The molecule has 1 heterocycles. The number of halogens is 1. The van der Waals surface area contributed by atoms with Crippen molar-refractivity contribution >= 4 is 44.5 Å². The molecule has 1 aromatic heterocycles. The smallest absolute Gasteiger partial charge is 0.254 e. The number of amides is 1. The van der Waals surface area contributed by atoms with E-state index in [1.54, 1.807) is 41.5 Å². The van der Waals surface area contributed by atoms with Gasteiger partial charge in [0.15, 0.2) is 0 Å². The second kappa shape index (κ2) is 5.63. The molecule has 1 amide bonds. The second-order valence-electron chi connectivity index (χ2n) is 4.28. The lowest BCUT2D eigenvalue weighted by Gasteiger charge is -2.16. The lowest BCUT2D eigenvalue weighted by molar-refractivity contribution is 0.0786. The van der Waals surface area contributed by atoms with Crippen LogP contribution in [0.25, 0.3) is 0 Å². The quantitative estimate of drug-likeness (QED) is 0.844. The van der Waals surface area contributed by atoms with E-state index >= 15 is 0 Å². The summed E-state index contributed by atoms with van der Waals surface area (Å²) in [6, 6.07) is 6.91. The van der Waals surface area contributed by atoms with Crippen LogP contribution in [0.2, 0.25) is 0 Å². The van der Waals surface area contributed by atoms with Crippen molar-refractivity contribution in [2.75, 3.05) is 18.5 Å². The predicted octanol–water partition coefficient (Wildman–Crippen LogP) is 2.95. The summed E-state index contributed by atoms with van der Waals surface area (Å²) >= 11 is 5.00. The van der Waals surface area contributed by atoms with E-state index in [0.717, 1.165) is 9.35 Å². The maximum absolute atomic E-state index is 12.3. The van der Waals surface area contributed by atoms with Crippen LogP contribution in [-0.4, -0.2) is 17.9 Å². The van der Waals surface area contributed by atoms with Gasteiger partial charge in [0.05, 0.1) is 6.54 Å². The van der Waals surface area contributed by atoms with Crippen molar-refractivity contribution in [3.8, 4) is 0 Å². The molecular weight excluding hydrogens is 326 g/mol. The SMILES string of the molecule is CN(Cc1cc(Br)cs1)C(=O)c1cc(N)cc(N)c1. The number of carbonyl (C=O) groups excluding carboxylic acids is 1. The van der Waals surface area contributed by atoms with Crippen molar-refractivity contribution in [3.63, 3.8) is 0 Å². The third-order valence-electron chi connectivity index (χ3n) is 2.59. The van der Waals surface area contributed by atoms with Gasteiger partial charge in [-0.3, -0.25) is 4.79 Å². The first-order chi connectivity index (χ1) is 8.95. The summed E-state index contributed by atoms with van der Waals surface area (Å²) in [6.07, 6.45) is 0. The number of hydrogen-bond donors (Lipinski definition) is 2. The minimum atomic E-state index is -0.0940. The zero-order chi connectivity index (χ0) is 14.0. The predicted molar refractivity (Wildman–Crippen MR) is 83.1 cm³/mol. The zero-order valence-electron chi connectivity index (χ0n) is 10.4. The molecule has 0 atom stereocenters. The van der Waals surface area contributed by atoms with E-state index in [-0.39, 0.29) is 5.91 Å². The average Bonchev–Trinajstić information content (AvgIpc) is 2.72. The van der Waals surface area contributed by atoms with Gasteiger partial charge in [-0.25, -0.2) is 0 Å². The van der Waals surface area contributed by atoms with Crippen LogP contribution in [0.3, 0.4) is 0 Å². The summed E-state index contributed by atoms with van der Waals surface area (Å²) in [7, 11) is 1.76. The third-order valence-corrected chi connectivity index (χ3v) is 4.27. The van der Waals surface area contributed by atoms with Gasteiger partial charge in [-0.2, -0.15) is 0 Å². The molecule has 0 fully saturated rings. The van der Waals surface area contributed by atoms with Crippen LogP contribution in [0.1, 0.15) is 15.2 Å². The highest BCUT2D eigenvalue weighted by Crippen LogP contribution is 2.22. The molecule has 100 valence electrons. The van der Waals surface area contributed by atoms with Gasteiger partial charge in [-0.1, -0.05) is 0 Å². The first kappa shape index (κ1) is 13.9. The van der Waals surface area contributed by atoms with E-state index in [4.69, 9.17) is 11.5 Å². The monoisotopic (exact) mass is 339 g/mol. The van der Waals surface area contributed by atoms with E-state index in [1.807, 2.05) is 11.4 Å². The molecule has 0 saturated heterocycles. The average molecular weight is 340 g/mol. The van der Waals surface area contributed by atoms with Gasteiger partial charge in [0.1, 0.15) is 0 Å². The summed E-state index contributed by atoms with van der Waals surface area (Å²) in [6.45, 7) is 0.559. The highest BCUT2D eigenvalue weighted by molar-refractivity contribution is 9.10. The molecule has 2 rings (SSSR count).